The van der Waals surface area contributed by atoms with Crippen molar-refractivity contribution in [3.05, 3.63) is 16.1 Å². The first-order chi connectivity index (χ1) is 10.7. The van der Waals surface area contributed by atoms with Gasteiger partial charge in [-0.2, -0.15) is 13.2 Å². The molecule has 0 bridgehead atoms. The number of aromatic nitrogens is 1. The Kier molecular flexibility index (Phi) is 5.67. The molecule has 4 nitrogen and oxygen atoms in total. The summed E-state index contributed by atoms with van der Waals surface area (Å²) in [6, 6.07) is 0. The molecule has 23 heavy (non-hydrogen) atoms. The molecule has 1 aromatic rings. The predicted molar refractivity (Wildman–Crippen MR) is 81.1 cm³/mol. The third-order valence-electron chi connectivity index (χ3n) is 4.06. The number of carbonyl (C=O) groups is 1. The predicted octanol–water partition coefficient (Wildman–Crippen LogP) is 3.38. The van der Waals surface area contributed by atoms with Crippen molar-refractivity contribution in [3.63, 3.8) is 0 Å². The van der Waals surface area contributed by atoms with E-state index < -0.39 is 29.1 Å². The van der Waals surface area contributed by atoms with Crippen molar-refractivity contribution in [1.82, 2.24) is 9.88 Å². The zero-order valence-corrected chi connectivity index (χ0v) is 13.8. The quantitative estimate of drug-likeness (QED) is 0.909. The van der Waals surface area contributed by atoms with Gasteiger partial charge in [0.15, 0.2) is 0 Å². The van der Waals surface area contributed by atoms with Gasteiger partial charge in [0.1, 0.15) is 5.01 Å². The van der Waals surface area contributed by atoms with E-state index >= 15 is 0 Å². The number of hydrogen-bond acceptors (Lipinski definition) is 4. The Morgan fingerprint density at radius 1 is 1.26 bits per heavy atom. The summed E-state index contributed by atoms with van der Waals surface area (Å²) < 4.78 is 40.3. The van der Waals surface area contributed by atoms with Gasteiger partial charge in [0.2, 0.25) is 11.5 Å². The summed E-state index contributed by atoms with van der Waals surface area (Å²) in [6.45, 7) is 2.45. The molecule has 0 spiro atoms. The van der Waals surface area contributed by atoms with E-state index in [1.165, 1.54) is 10.3 Å². The van der Waals surface area contributed by atoms with Crippen LogP contribution in [0.2, 0.25) is 0 Å². The van der Waals surface area contributed by atoms with Gasteiger partial charge >= 0.3 is 6.18 Å². The number of aryl methyl sites for hydroxylation is 1. The van der Waals surface area contributed by atoms with Gasteiger partial charge < -0.3 is 10.0 Å². The topological polar surface area (TPSA) is 53.4 Å². The van der Waals surface area contributed by atoms with Gasteiger partial charge in [-0.05, 0) is 19.8 Å². The molecule has 0 radical (unpaired) electrons. The Morgan fingerprint density at radius 2 is 1.83 bits per heavy atom. The molecule has 2 rings (SSSR count). The van der Waals surface area contributed by atoms with E-state index in [1.807, 2.05) is 0 Å². The number of alkyl halides is 3. The number of thiazole rings is 1. The third-order valence-corrected chi connectivity index (χ3v) is 5.17. The molecular formula is C15H21F3N2O2S. The van der Waals surface area contributed by atoms with Crippen molar-refractivity contribution in [2.75, 3.05) is 13.1 Å². The summed E-state index contributed by atoms with van der Waals surface area (Å²) in [6.07, 6.45) is -1.36. The monoisotopic (exact) mass is 350 g/mol. The Balaban J connectivity index is 2.18. The van der Waals surface area contributed by atoms with E-state index in [-0.39, 0.29) is 0 Å². The molecule has 1 aliphatic rings. The molecule has 1 aliphatic heterocycles. The lowest BCUT2D eigenvalue weighted by atomic mass is 9.98. The second-order valence-corrected chi connectivity index (χ2v) is 6.84. The minimum atomic E-state index is -4.95. The maximum absolute atomic E-state index is 13.4. The molecule has 8 heteroatoms. The number of carbonyl (C=O) groups excluding carboxylic acids is 1. The first-order valence-corrected chi connectivity index (χ1v) is 8.61. The van der Waals surface area contributed by atoms with Crippen molar-refractivity contribution in [3.8, 4) is 0 Å². The van der Waals surface area contributed by atoms with Crippen molar-refractivity contribution in [2.24, 2.45) is 0 Å². The molecule has 130 valence electrons. The van der Waals surface area contributed by atoms with Crippen molar-refractivity contribution in [1.29, 1.82) is 0 Å². The van der Waals surface area contributed by atoms with Crippen molar-refractivity contribution >= 4 is 17.2 Å². The Labute approximate surface area is 137 Å². The molecule has 1 atom stereocenters. The Morgan fingerprint density at radius 3 is 2.30 bits per heavy atom. The number of nitrogens with zero attached hydrogens (tertiary/aromatic N) is 2. The molecule has 1 amide bonds. The van der Waals surface area contributed by atoms with Gasteiger partial charge in [-0.1, -0.05) is 19.3 Å². The molecule has 0 saturated carbocycles. The number of halogens is 3. The number of rotatable bonds is 3. The highest BCUT2D eigenvalue weighted by molar-refractivity contribution is 7.09. The fraction of sp³-hybridized carbons (Fsp3) is 0.733. The van der Waals surface area contributed by atoms with Gasteiger partial charge in [-0.25, -0.2) is 4.98 Å². The zero-order chi connectivity index (χ0) is 17.1. The highest BCUT2D eigenvalue weighted by atomic mass is 32.1. The van der Waals surface area contributed by atoms with Gasteiger partial charge in [0, 0.05) is 24.2 Å². The lowest BCUT2D eigenvalue weighted by molar-refractivity contribution is -0.268. The van der Waals surface area contributed by atoms with Crippen LogP contribution in [0.5, 0.6) is 0 Å². The fourth-order valence-electron chi connectivity index (χ4n) is 2.67. The van der Waals surface area contributed by atoms with Crippen LogP contribution >= 0.6 is 11.3 Å². The first-order valence-electron chi connectivity index (χ1n) is 7.73. The molecular weight excluding hydrogens is 329 g/mol. The van der Waals surface area contributed by atoms with E-state index in [2.05, 4.69) is 4.98 Å². The van der Waals surface area contributed by atoms with Crippen LogP contribution in [0.15, 0.2) is 5.38 Å². The van der Waals surface area contributed by atoms with Gasteiger partial charge in [0.05, 0.1) is 6.42 Å². The standard InChI is InChI=1S/C15H21F3N2O2S/c1-11-10-23-13(19-11)14(22,15(16,17)18)9-12(21)20-7-5-3-2-4-6-8-20/h10,22H,2-9H2,1H3. The fourth-order valence-corrected chi connectivity index (χ4v) is 3.58. The molecule has 1 N–H and O–H groups in total. The Hall–Kier alpha value is -1.15. The van der Waals surface area contributed by atoms with Crippen molar-refractivity contribution in [2.45, 2.75) is 57.2 Å². The highest BCUT2D eigenvalue weighted by Gasteiger charge is 2.58. The highest BCUT2D eigenvalue weighted by Crippen LogP contribution is 2.43. The molecule has 1 aromatic heterocycles. The van der Waals surface area contributed by atoms with Crippen LogP contribution in [0, 0.1) is 6.92 Å². The minimum absolute atomic E-state index is 0.395. The van der Waals surface area contributed by atoms with Crippen LogP contribution < -0.4 is 0 Å². The summed E-state index contributed by atoms with van der Waals surface area (Å²) in [5, 5.41) is 11.2. The number of amides is 1. The van der Waals surface area contributed by atoms with Crippen LogP contribution in [0.3, 0.4) is 0 Å². The zero-order valence-electron chi connectivity index (χ0n) is 13.0. The normalized spacial score (nSPS) is 19.8. The van der Waals surface area contributed by atoms with Gasteiger partial charge in [0.25, 0.3) is 0 Å². The summed E-state index contributed by atoms with van der Waals surface area (Å²) >= 11 is 0.728. The number of hydrogen-bond donors (Lipinski definition) is 1. The average Bonchev–Trinajstić information content (AvgIpc) is 2.83. The van der Waals surface area contributed by atoms with Crippen LogP contribution in [-0.4, -0.2) is 40.2 Å². The molecule has 1 saturated heterocycles. The van der Waals surface area contributed by atoms with Crippen LogP contribution in [0.1, 0.15) is 49.2 Å². The van der Waals surface area contributed by atoms with E-state index in [0.29, 0.717) is 18.8 Å². The maximum atomic E-state index is 13.4. The van der Waals surface area contributed by atoms with E-state index in [9.17, 15) is 23.1 Å². The number of likely N-dealkylation sites (tertiary alicyclic amines) is 1. The minimum Gasteiger partial charge on any atom is -0.374 e. The molecule has 0 aromatic carbocycles. The SMILES string of the molecule is Cc1csc(C(O)(CC(=O)N2CCCCCCC2)C(F)(F)F)n1. The van der Waals surface area contributed by atoms with Crippen LogP contribution in [-0.2, 0) is 10.4 Å². The second-order valence-electron chi connectivity index (χ2n) is 5.98. The van der Waals surface area contributed by atoms with E-state index in [0.717, 1.165) is 43.4 Å². The summed E-state index contributed by atoms with van der Waals surface area (Å²) in [7, 11) is 0. The van der Waals surface area contributed by atoms with Gasteiger partial charge in [-0.3, -0.25) is 4.79 Å². The molecule has 2 heterocycles. The third kappa shape index (κ3) is 4.23. The lowest BCUT2D eigenvalue weighted by Crippen LogP contribution is -2.47. The van der Waals surface area contributed by atoms with Crippen LogP contribution in [0.25, 0.3) is 0 Å². The van der Waals surface area contributed by atoms with E-state index in [1.54, 1.807) is 6.92 Å². The molecule has 1 unspecified atom stereocenters. The lowest BCUT2D eigenvalue weighted by Gasteiger charge is -2.31. The molecule has 1 fully saturated rings. The Bertz CT molecular complexity index is 539. The smallest absolute Gasteiger partial charge is 0.374 e. The second kappa shape index (κ2) is 7.17. The van der Waals surface area contributed by atoms with E-state index in [4.69, 9.17) is 0 Å². The van der Waals surface area contributed by atoms with Gasteiger partial charge in [-0.15, -0.1) is 11.3 Å². The molecule has 0 aliphatic carbocycles. The summed E-state index contributed by atoms with van der Waals surface area (Å²) in [5.74, 6) is -0.667. The summed E-state index contributed by atoms with van der Waals surface area (Å²) in [4.78, 5) is 17.5. The summed E-state index contributed by atoms with van der Waals surface area (Å²) in [5.41, 5.74) is -2.82. The average molecular weight is 350 g/mol. The largest absolute Gasteiger partial charge is 0.424 e. The van der Waals surface area contributed by atoms with Crippen molar-refractivity contribution < 1.29 is 23.1 Å². The first kappa shape index (κ1) is 18.2. The van der Waals surface area contributed by atoms with Crippen LogP contribution in [0.4, 0.5) is 13.2 Å². The number of aliphatic hydroxyl groups is 1. The maximum Gasteiger partial charge on any atom is 0.424 e.